The lowest BCUT2D eigenvalue weighted by Gasteiger charge is -2.45. The number of aliphatic carboxylic acids is 1. The highest BCUT2D eigenvalue weighted by Gasteiger charge is 2.38. The SMILES string of the molecule is CC1(C)CN(Cc2ccccc2)CCC1NC(=O)C(CC(=O)O)NC(=O)OCC1c2ccccc2-c2ccccc21. The van der Waals surface area contributed by atoms with Gasteiger partial charge in [-0.15, -0.1) is 0 Å². The Kier molecular flexibility index (Phi) is 8.40. The Hall–Kier alpha value is -4.17. The molecule has 2 atom stereocenters. The molecule has 1 aliphatic carbocycles. The summed E-state index contributed by atoms with van der Waals surface area (Å²) in [4.78, 5) is 40.1. The Bertz CT molecular complexity index is 1360. The predicted molar refractivity (Wildman–Crippen MR) is 156 cm³/mol. The van der Waals surface area contributed by atoms with E-state index in [9.17, 15) is 19.5 Å². The molecule has 5 rings (SSSR count). The summed E-state index contributed by atoms with van der Waals surface area (Å²) < 4.78 is 5.57. The third kappa shape index (κ3) is 6.60. The van der Waals surface area contributed by atoms with Gasteiger partial charge in [-0.2, -0.15) is 0 Å². The molecule has 8 nitrogen and oxygen atoms in total. The van der Waals surface area contributed by atoms with Gasteiger partial charge in [-0.05, 0) is 39.7 Å². The van der Waals surface area contributed by atoms with Crippen LogP contribution in [0.15, 0.2) is 78.9 Å². The van der Waals surface area contributed by atoms with Gasteiger partial charge in [0, 0.05) is 31.6 Å². The summed E-state index contributed by atoms with van der Waals surface area (Å²) in [5.74, 6) is -1.83. The van der Waals surface area contributed by atoms with E-state index in [4.69, 9.17) is 4.74 Å². The number of likely N-dealkylation sites (tertiary alicyclic amines) is 1. The molecule has 3 aromatic carbocycles. The predicted octanol–water partition coefficient (Wildman–Crippen LogP) is 4.79. The second-order valence-electron chi connectivity index (χ2n) is 11.7. The van der Waals surface area contributed by atoms with Crippen molar-refractivity contribution in [2.75, 3.05) is 19.7 Å². The molecule has 1 saturated heterocycles. The zero-order chi connectivity index (χ0) is 29.0. The number of hydrogen-bond donors (Lipinski definition) is 3. The number of carbonyl (C=O) groups is 3. The first-order chi connectivity index (χ1) is 19.7. The van der Waals surface area contributed by atoms with Gasteiger partial charge >= 0.3 is 12.1 Å². The maximum Gasteiger partial charge on any atom is 0.407 e. The molecule has 0 bridgehead atoms. The molecule has 8 heteroatoms. The topological polar surface area (TPSA) is 108 Å². The summed E-state index contributed by atoms with van der Waals surface area (Å²) in [7, 11) is 0. The molecule has 0 aromatic heterocycles. The van der Waals surface area contributed by atoms with Gasteiger partial charge in [0.25, 0.3) is 0 Å². The molecule has 0 radical (unpaired) electrons. The number of fused-ring (bicyclic) bond motifs is 3. The van der Waals surface area contributed by atoms with Gasteiger partial charge in [-0.25, -0.2) is 4.79 Å². The maximum absolute atomic E-state index is 13.3. The molecule has 1 heterocycles. The van der Waals surface area contributed by atoms with Gasteiger partial charge in [0.15, 0.2) is 0 Å². The van der Waals surface area contributed by atoms with Gasteiger partial charge < -0.3 is 20.5 Å². The van der Waals surface area contributed by atoms with E-state index < -0.39 is 30.4 Å². The molecule has 3 aromatic rings. The minimum Gasteiger partial charge on any atom is -0.481 e. The zero-order valence-corrected chi connectivity index (χ0v) is 23.5. The van der Waals surface area contributed by atoms with Crippen molar-refractivity contribution >= 4 is 18.0 Å². The number of alkyl carbamates (subject to hydrolysis) is 1. The highest BCUT2D eigenvalue weighted by atomic mass is 16.5. The molecular formula is C33H37N3O5. The fourth-order valence-corrected chi connectivity index (χ4v) is 6.15. The normalized spacial score (nSPS) is 18.5. The molecule has 1 aliphatic heterocycles. The number of ether oxygens (including phenoxy) is 1. The van der Waals surface area contributed by atoms with Crippen LogP contribution in [0.5, 0.6) is 0 Å². The lowest BCUT2D eigenvalue weighted by atomic mass is 9.78. The van der Waals surface area contributed by atoms with Crippen LogP contribution in [0.4, 0.5) is 4.79 Å². The van der Waals surface area contributed by atoms with E-state index in [0.717, 1.165) is 48.3 Å². The van der Waals surface area contributed by atoms with E-state index in [1.807, 2.05) is 54.6 Å². The molecule has 2 unspecified atom stereocenters. The maximum atomic E-state index is 13.3. The summed E-state index contributed by atoms with van der Waals surface area (Å²) in [5.41, 5.74) is 5.35. The second kappa shape index (κ2) is 12.1. The van der Waals surface area contributed by atoms with E-state index in [2.05, 4.69) is 53.6 Å². The van der Waals surface area contributed by atoms with Crippen LogP contribution >= 0.6 is 0 Å². The molecule has 3 N–H and O–H groups in total. The molecular weight excluding hydrogens is 518 g/mol. The average Bonchev–Trinajstić information content (AvgIpc) is 3.26. The smallest absolute Gasteiger partial charge is 0.407 e. The Balaban J connectivity index is 1.19. The van der Waals surface area contributed by atoms with Gasteiger partial charge in [-0.1, -0.05) is 92.7 Å². The number of carboxylic acids is 1. The van der Waals surface area contributed by atoms with Crippen molar-refractivity contribution in [2.45, 2.75) is 51.2 Å². The van der Waals surface area contributed by atoms with E-state index in [1.165, 1.54) is 5.56 Å². The first-order valence-electron chi connectivity index (χ1n) is 14.1. The number of nitrogens with one attached hydrogen (secondary N) is 2. The minimum absolute atomic E-state index is 0.0776. The third-order valence-electron chi connectivity index (χ3n) is 8.20. The second-order valence-corrected chi connectivity index (χ2v) is 11.7. The zero-order valence-electron chi connectivity index (χ0n) is 23.5. The van der Waals surface area contributed by atoms with Crippen molar-refractivity contribution < 1.29 is 24.2 Å². The van der Waals surface area contributed by atoms with Crippen LogP contribution in [-0.4, -0.2) is 59.8 Å². The van der Waals surface area contributed by atoms with Gasteiger partial charge in [-0.3, -0.25) is 14.5 Å². The molecule has 214 valence electrons. The van der Waals surface area contributed by atoms with Crippen LogP contribution in [0.25, 0.3) is 11.1 Å². The average molecular weight is 556 g/mol. The van der Waals surface area contributed by atoms with E-state index in [0.29, 0.717) is 0 Å². The lowest BCUT2D eigenvalue weighted by molar-refractivity contribution is -0.140. The summed E-state index contributed by atoms with van der Waals surface area (Å²) >= 11 is 0. The number of rotatable bonds is 9. The van der Waals surface area contributed by atoms with Crippen LogP contribution in [0, 0.1) is 5.41 Å². The monoisotopic (exact) mass is 555 g/mol. The summed E-state index contributed by atoms with van der Waals surface area (Å²) in [5, 5.41) is 15.0. The number of carbonyl (C=O) groups excluding carboxylic acids is 2. The summed E-state index contributed by atoms with van der Waals surface area (Å²) in [6, 6.07) is 24.9. The van der Waals surface area contributed by atoms with Crippen molar-refractivity contribution in [3.8, 4) is 11.1 Å². The van der Waals surface area contributed by atoms with E-state index >= 15 is 0 Å². The fourth-order valence-electron chi connectivity index (χ4n) is 6.15. The van der Waals surface area contributed by atoms with Crippen molar-refractivity contribution in [1.82, 2.24) is 15.5 Å². The van der Waals surface area contributed by atoms with Gasteiger partial charge in [0.05, 0.1) is 6.42 Å². The van der Waals surface area contributed by atoms with Crippen molar-refractivity contribution in [3.63, 3.8) is 0 Å². The van der Waals surface area contributed by atoms with Crippen molar-refractivity contribution in [3.05, 3.63) is 95.6 Å². The molecule has 0 spiro atoms. The molecule has 2 aliphatic rings. The van der Waals surface area contributed by atoms with Gasteiger partial charge in [0.2, 0.25) is 5.91 Å². The Morgan fingerprint density at radius 3 is 2.17 bits per heavy atom. The number of piperidine rings is 1. The highest BCUT2D eigenvalue weighted by molar-refractivity contribution is 5.89. The Morgan fingerprint density at radius 1 is 0.951 bits per heavy atom. The first-order valence-corrected chi connectivity index (χ1v) is 14.1. The number of hydrogen-bond acceptors (Lipinski definition) is 5. The lowest BCUT2D eigenvalue weighted by Crippen LogP contribution is -2.59. The van der Waals surface area contributed by atoms with Crippen LogP contribution in [0.2, 0.25) is 0 Å². The quantitative estimate of drug-likeness (QED) is 0.351. The van der Waals surface area contributed by atoms with Crippen molar-refractivity contribution in [1.29, 1.82) is 0 Å². The standard InChI is InChI=1S/C33H37N3O5/c1-33(2)21-36(19-22-10-4-3-5-11-22)17-16-29(33)35-31(39)28(18-30(37)38)34-32(40)41-20-27-25-14-8-6-12-23(25)24-13-7-9-15-26(24)27/h3-15,27-29H,16-21H2,1-2H3,(H,34,40)(H,35,39)(H,37,38). The van der Waals surface area contributed by atoms with Crippen LogP contribution in [0.3, 0.4) is 0 Å². The molecule has 41 heavy (non-hydrogen) atoms. The van der Waals surface area contributed by atoms with Crippen LogP contribution in [-0.2, 0) is 20.9 Å². The largest absolute Gasteiger partial charge is 0.481 e. The van der Waals surface area contributed by atoms with Crippen LogP contribution < -0.4 is 10.6 Å². The Labute approximate surface area is 240 Å². The first kappa shape index (κ1) is 28.4. The minimum atomic E-state index is -1.25. The number of nitrogens with zero attached hydrogens (tertiary/aromatic N) is 1. The van der Waals surface area contributed by atoms with Gasteiger partial charge in [0.1, 0.15) is 12.6 Å². The summed E-state index contributed by atoms with van der Waals surface area (Å²) in [6.45, 7) is 6.67. The molecule has 2 amide bonds. The number of benzene rings is 3. The van der Waals surface area contributed by atoms with Crippen molar-refractivity contribution in [2.24, 2.45) is 5.41 Å². The molecule has 1 fully saturated rings. The Morgan fingerprint density at radius 2 is 1.56 bits per heavy atom. The number of amides is 2. The number of carboxylic acid groups (broad SMARTS) is 1. The van der Waals surface area contributed by atoms with E-state index in [1.54, 1.807) is 0 Å². The van der Waals surface area contributed by atoms with Crippen LogP contribution in [0.1, 0.15) is 49.3 Å². The fraction of sp³-hybridized carbons (Fsp3) is 0.364. The highest BCUT2D eigenvalue weighted by Crippen LogP contribution is 2.44. The molecule has 0 saturated carbocycles. The van der Waals surface area contributed by atoms with E-state index in [-0.39, 0.29) is 24.0 Å². The summed E-state index contributed by atoms with van der Waals surface area (Å²) in [6.07, 6.45) is -0.634. The third-order valence-corrected chi connectivity index (χ3v) is 8.20.